The first-order valence-corrected chi connectivity index (χ1v) is 7.57. The molecule has 1 aromatic carbocycles. The molecule has 2 rings (SSSR count). The number of aliphatic hydroxyl groups excluding tert-OH is 1. The molecule has 1 aromatic rings. The Hall–Kier alpha value is -0.820. The maximum Gasteiger partial charge on any atom is 0.0546 e. The summed E-state index contributed by atoms with van der Waals surface area (Å²) < 4.78 is 0. The first kappa shape index (κ1) is 13.6. The fourth-order valence-electron chi connectivity index (χ4n) is 3.00. The molecule has 1 aliphatic rings. The molecule has 1 aliphatic carbocycles. The lowest BCUT2D eigenvalue weighted by atomic mass is 9.74. The highest BCUT2D eigenvalue weighted by Crippen LogP contribution is 2.38. The van der Waals surface area contributed by atoms with Crippen LogP contribution < -0.4 is 0 Å². The topological polar surface area (TPSA) is 20.2 Å². The molecule has 0 saturated heterocycles. The van der Waals surface area contributed by atoms with Crippen molar-refractivity contribution in [3.63, 3.8) is 0 Å². The first-order valence-electron chi connectivity index (χ1n) is 7.57. The minimum Gasteiger partial charge on any atom is -0.393 e. The van der Waals surface area contributed by atoms with E-state index >= 15 is 0 Å². The van der Waals surface area contributed by atoms with E-state index in [1.165, 1.54) is 49.7 Å². The molecule has 1 nitrogen and oxygen atoms in total. The average molecular weight is 246 g/mol. The number of hydrogen-bond acceptors (Lipinski definition) is 1. The Bertz CT molecular complexity index is 358. The Morgan fingerprint density at radius 2 is 1.94 bits per heavy atom. The molecular weight excluding hydrogens is 220 g/mol. The summed E-state index contributed by atoms with van der Waals surface area (Å²) in [7, 11) is 0. The molecule has 0 heterocycles. The van der Waals surface area contributed by atoms with E-state index in [4.69, 9.17) is 0 Å². The van der Waals surface area contributed by atoms with Gasteiger partial charge in [-0.1, -0.05) is 63.3 Å². The summed E-state index contributed by atoms with van der Waals surface area (Å²) in [5.74, 6) is 0.617. The van der Waals surface area contributed by atoms with Crippen LogP contribution in [0.3, 0.4) is 0 Å². The Balaban J connectivity index is 1.63. The quantitative estimate of drug-likeness (QED) is 0.672. The number of benzene rings is 1. The Kier molecular flexibility index (Phi) is 5.25. The second-order valence-corrected chi connectivity index (χ2v) is 5.69. The van der Waals surface area contributed by atoms with Gasteiger partial charge in [0.15, 0.2) is 0 Å². The minimum absolute atomic E-state index is 0.0926. The molecule has 1 N–H and O–H groups in total. The van der Waals surface area contributed by atoms with Gasteiger partial charge in [0.25, 0.3) is 0 Å². The fourth-order valence-corrected chi connectivity index (χ4v) is 3.00. The van der Waals surface area contributed by atoms with Gasteiger partial charge in [-0.2, -0.15) is 0 Å². The summed E-state index contributed by atoms with van der Waals surface area (Å²) in [6, 6.07) is 8.65. The Labute approximate surface area is 111 Å². The van der Waals surface area contributed by atoms with E-state index in [2.05, 4.69) is 31.2 Å². The lowest BCUT2D eigenvalue weighted by molar-refractivity contribution is 0.138. The summed E-state index contributed by atoms with van der Waals surface area (Å²) in [5, 5.41) is 10.1. The van der Waals surface area contributed by atoms with Gasteiger partial charge in [0.2, 0.25) is 0 Å². The maximum absolute atomic E-state index is 10.1. The fraction of sp³-hybridized carbons (Fsp3) is 0.647. The van der Waals surface area contributed by atoms with Crippen LogP contribution in [0.4, 0.5) is 0 Å². The molecule has 0 amide bonds. The summed E-state index contributed by atoms with van der Waals surface area (Å²) in [4.78, 5) is 0. The molecule has 2 unspecified atom stereocenters. The van der Waals surface area contributed by atoms with Crippen LogP contribution in [0.5, 0.6) is 0 Å². The summed E-state index contributed by atoms with van der Waals surface area (Å²) in [6.45, 7) is 2.24. The highest BCUT2D eigenvalue weighted by atomic mass is 16.3. The highest BCUT2D eigenvalue weighted by Gasteiger charge is 2.27. The number of hydrogen-bond donors (Lipinski definition) is 1. The number of fused-ring (bicyclic) bond motifs is 1. The van der Waals surface area contributed by atoms with Crippen molar-refractivity contribution in [2.75, 3.05) is 0 Å². The summed E-state index contributed by atoms with van der Waals surface area (Å²) in [6.07, 6.45) is 9.46. The molecule has 0 bridgehead atoms. The number of aliphatic hydroxyl groups is 1. The van der Waals surface area contributed by atoms with Gasteiger partial charge in [0, 0.05) is 0 Å². The molecule has 0 radical (unpaired) electrons. The lowest BCUT2D eigenvalue weighted by Crippen LogP contribution is -2.22. The van der Waals surface area contributed by atoms with Crippen molar-refractivity contribution in [3.05, 3.63) is 35.4 Å². The van der Waals surface area contributed by atoms with Crippen molar-refractivity contribution < 1.29 is 5.11 Å². The van der Waals surface area contributed by atoms with Crippen LogP contribution in [-0.2, 0) is 6.42 Å². The van der Waals surface area contributed by atoms with E-state index in [1.54, 1.807) is 0 Å². The maximum atomic E-state index is 10.1. The zero-order valence-electron chi connectivity index (χ0n) is 11.6. The smallest absolute Gasteiger partial charge is 0.0546 e. The van der Waals surface area contributed by atoms with Gasteiger partial charge in [0.1, 0.15) is 0 Å². The standard InChI is InChI=1S/C17H26O/c1-2-3-4-5-6-10-16(18)13-15-12-14-9-7-8-11-17(14)15/h7-9,11,15-16,18H,2-6,10,12-13H2,1H3. The molecule has 18 heavy (non-hydrogen) atoms. The van der Waals surface area contributed by atoms with Gasteiger partial charge in [-0.25, -0.2) is 0 Å². The van der Waals surface area contributed by atoms with Gasteiger partial charge >= 0.3 is 0 Å². The zero-order chi connectivity index (χ0) is 12.8. The molecule has 1 heteroatoms. The monoisotopic (exact) mass is 246 g/mol. The van der Waals surface area contributed by atoms with Crippen molar-refractivity contribution in [1.82, 2.24) is 0 Å². The van der Waals surface area contributed by atoms with Crippen LogP contribution in [0.25, 0.3) is 0 Å². The van der Waals surface area contributed by atoms with E-state index in [1.807, 2.05) is 0 Å². The molecule has 100 valence electrons. The average Bonchev–Trinajstić information content (AvgIpc) is 2.36. The van der Waals surface area contributed by atoms with E-state index in [9.17, 15) is 5.11 Å². The third kappa shape index (κ3) is 3.58. The van der Waals surface area contributed by atoms with Crippen LogP contribution in [0.1, 0.15) is 68.9 Å². The molecule has 2 atom stereocenters. The van der Waals surface area contributed by atoms with E-state index in [0.717, 1.165) is 12.8 Å². The van der Waals surface area contributed by atoms with Crippen molar-refractivity contribution >= 4 is 0 Å². The van der Waals surface area contributed by atoms with Gasteiger partial charge in [0.05, 0.1) is 6.10 Å². The molecule has 0 aliphatic heterocycles. The van der Waals surface area contributed by atoms with Crippen LogP contribution in [-0.4, -0.2) is 11.2 Å². The predicted molar refractivity (Wildman–Crippen MR) is 76.9 cm³/mol. The second-order valence-electron chi connectivity index (χ2n) is 5.69. The largest absolute Gasteiger partial charge is 0.393 e. The van der Waals surface area contributed by atoms with Gasteiger partial charge in [-0.3, -0.25) is 0 Å². The van der Waals surface area contributed by atoms with Crippen LogP contribution in [0.2, 0.25) is 0 Å². The third-order valence-electron chi connectivity index (χ3n) is 4.16. The molecular formula is C17H26O. The van der Waals surface area contributed by atoms with Crippen LogP contribution >= 0.6 is 0 Å². The van der Waals surface area contributed by atoms with Gasteiger partial charge < -0.3 is 5.11 Å². The van der Waals surface area contributed by atoms with E-state index in [-0.39, 0.29) is 6.10 Å². The van der Waals surface area contributed by atoms with Crippen molar-refractivity contribution in [1.29, 1.82) is 0 Å². The first-order chi connectivity index (χ1) is 8.81. The Morgan fingerprint density at radius 3 is 2.72 bits per heavy atom. The van der Waals surface area contributed by atoms with E-state index < -0.39 is 0 Å². The van der Waals surface area contributed by atoms with Crippen molar-refractivity contribution in [2.45, 2.75) is 70.3 Å². The Morgan fingerprint density at radius 1 is 1.17 bits per heavy atom. The molecule has 0 saturated carbocycles. The molecule has 0 aromatic heterocycles. The zero-order valence-corrected chi connectivity index (χ0v) is 11.6. The predicted octanol–water partition coefficient (Wildman–Crippen LogP) is 4.44. The van der Waals surface area contributed by atoms with Crippen LogP contribution in [0.15, 0.2) is 24.3 Å². The molecule has 0 fully saturated rings. The van der Waals surface area contributed by atoms with Crippen molar-refractivity contribution in [3.8, 4) is 0 Å². The highest BCUT2D eigenvalue weighted by molar-refractivity contribution is 5.39. The summed E-state index contributed by atoms with van der Waals surface area (Å²) in [5.41, 5.74) is 2.96. The van der Waals surface area contributed by atoms with Crippen LogP contribution in [0, 0.1) is 0 Å². The number of unbranched alkanes of at least 4 members (excludes halogenated alkanes) is 4. The van der Waals surface area contributed by atoms with Gasteiger partial charge in [-0.05, 0) is 36.3 Å². The second kappa shape index (κ2) is 6.94. The lowest BCUT2D eigenvalue weighted by Gasteiger charge is -2.31. The third-order valence-corrected chi connectivity index (χ3v) is 4.16. The number of rotatable bonds is 8. The minimum atomic E-state index is -0.0926. The normalized spacial score (nSPS) is 19.1. The molecule has 0 spiro atoms. The SMILES string of the molecule is CCCCCCCC(O)CC1Cc2ccccc21. The van der Waals surface area contributed by atoms with E-state index in [0.29, 0.717) is 5.92 Å². The van der Waals surface area contributed by atoms with Crippen molar-refractivity contribution in [2.24, 2.45) is 0 Å². The van der Waals surface area contributed by atoms with Gasteiger partial charge in [-0.15, -0.1) is 0 Å². The summed E-state index contributed by atoms with van der Waals surface area (Å²) >= 11 is 0.